The van der Waals surface area contributed by atoms with Crippen molar-refractivity contribution >= 4 is 28.5 Å². The largest absolute Gasteiger partial charge is 0.342 e. The first kappa shape index (κ1) is 24.3. The van der Waals surface area contributed by atoms with E-state index in [0.717, 1.165) is 29.8 Å². The molecular formula is C27H36ClN3O. The normalized spacial score (nSPS) is 12.2. The second kappa shape index (κ2) is 12.6. The van der Waals surface area contributed by atoms with E-state index < -0.39 is 0 Å². The molecule has 32 heavy (non-hydrogen) atoms. The lowest BCUT2D eigenvalue weighted by Crippen LogP contribution is -2.28. The lowest BCUT2D eigenvalue weighted by Gasteiger charge is -2.16. The summed E-state index contributed by atoms with van der Waals surface area (Å²) in [5.41, 5.74) is 2.71. The van der Waals surface area contributed by atoms with Crippen molar-refractivity contribution in [2.75, 3.05) is 0 Å². The van der Waals surface area contributed by atoms with E-state index in [1.54, 1.807) is 24.3 Å². The number of nitrogens with one attached hydrogen (secondary N) is 1. The molecule has 0 saturated heterocycles. The van der Waals surface area contributed by atoms with Crippen LogP contribution in [-0.2, 0) is 6.54 Å². The second-order valence-electron chi connectivity index (χ2n) is 8.64. The highest BCUT2D eigenvalue weighted by Crippen LogP contribution is 2.22. The minimum Gasteiger partial charge on any atom is -0.342 e. The summed E-state index contributed by atoms with van der Waals surface area (Å²) in [5.74, 6) is 0.795. The lowest BCUT2D eigenvalue weighted by atomic mass is 10.1. The second-order valence-corrected chi connectivity index (χ2v) is 9.08. The zero-order chi connectivity index (χ0) is 22.8. The maximum atomic E-state index is 12.7. The summed E-state index contributed by atoms with van der Waals surface area (Å²) in [4.78, 5) is 17.6. The molecular weight excluding hydrogens is 418 g/mol. The number of amides is 1. The molecule has 0 fully saturated rings. The van der Waals surface area contributed by atoms with Crippen molar-refractivity contribution in [2.45, 2.75) is 84.2 Å². The van der Waals surface area contributed by atoms with Gasteiger partial charge in [-0.2, -0.15) is 0 Å². The number of halogens is 1. The number of rotatable bonds is 13. The summed E-state index contributed by atoms with van der Waals surface area (Å²) in [5, 5.41) is 3.73. The standard InChI is InChI=1S/C27H36ClN3O/c1-3-4-5-6-7-8-9-10-13-20-31-25-15-12-11-14-24(25)30-26(31)21(2)29-27(32)22-16-18-23(28)19-17-22/h11-12,14-19,21H,3-10,13,20H2,1-2H3,(H,29,32). The highest BCUT2D eigenvalue weighted by atomic mass is 35.5. The van der Waals surface area contributed by atoms with Gasteiger partial charge in [0, 0.05) is 17.1 Å². The number of imidazole rings is 1. The minimum atomic E-state index is -0.191. The first-order valence-corrected chi connectivity index (χ1v) is 12.5. The number of para-hydroxylation sites is 2. The fourth-order valence-corrected chi connectivity index (χ4v) is 4.31. The first-order chi connectivity index (χ1) is 15.6. The van der Waals surface area contributed by atoms with Crippen LogP contribution in [0.2, 0.25) is 5.02 Å². The van der Waals surface area contributed by atoms with E-state index >= 15 is 0 Å². The number of carbonyl (C=O) groups is 1. The van der Waals surface area contributed by atoms with Crippen LogP contribution in [0.25, 0.3) is 11.0 Å². The summed E-state index contributed by atoms with van der Waals surface area (Å²) >= 11 is 5.95. The van der Waals surface area contributed by atoms with Crippen LogP contribution in [-0.4, -0.2) is 15.5 Å². The molecule has 0 radical (unpaired) electrons. The average molecular weight is 454 g/mol. The average Bonchev–Trinajstić information content (AvgIpc) is 3.17. The predicted octanol–water partition coefficient (Wildman–Crippen LogP) is 7.71. The zero-order valence-electron chi connectivity index (χ0n) is 19.4. The van der Waals surface area contributed by atoms with Gasteiger partial charge in [0.15, 0.2) is 0 Å². The van der Waals surface area contributed by atoms with Crippen molar-refractivity contribution in [1.29, 1.82) is 0 Å². The summed E-state index contributed by atoms with van der Waals surface area (Å²) in [6.07, 6.45) is 11.7. The van der Waals surface area contributed by atoms with Gasteiger partial charge in [0.25, 0.3) is 5.91 Å². The molecule has 0 aliphatic rings. The van der Waals surface area contributed by atoms with Gasteiger partial charge in [0.2, 0.25) is 0 Å². The Morgan fingerprint density at radius 1 is 0.938 bits per heavy atom. The van der Waals surface area contributed by atoms with E-state index in [0.29, 0.717) is 10.6 Å². The van der Waals surface area contributed by atoms with Gasteiger partial charge in [-0.1, -0.05) is 82.0 Å². The Balaban J connectivity index is 1.59. The molecule has 0 bridgehead atoms. The SMILES string of the molecule is CCCCCCCCCCCn1c(C(C)NC(=O)c2ccc(Cl)cc2)nc2ccccc21. The smallest absolute Gasteiger partial charge is 0.251 e. The molecule has 3 aromatic rings. The monoisotopic (exact) mass is 453 g/mol. The summed E-state index contributed by atoms with van der Waals surface area (Å²) in [7, 11) is 0. The van der Waals surface area contributed by atoms with Crippen LogP contribution < -0.4 is 5.32 Å². The number of fused-ring (bicyclic) bond motifs is 1. The fourth-order valence-electron chi connectivity index (χ4n) is 4.19. The molecule has 0 spiro atoms. The molecule has 0 aliphatic carbocycles. The Morgan fingerprint density at radius 3 is 2.25 bits per heavy atom. The van der Waals surface area contributed by atoms with E-state index in [4.69, 9.17) is 16.6 Å². The number of unbranched alkanes of at least 4 members (excludes halogenated alkanes) is 8. The Kier molecular flexibility index (Phi) is 9.61. The zero-order valence-corrected chi connectivity index (χ0v) is 20.2. The molecule has 1 aromatic heterocycles. The third kappa shape index (κ3) is 6.83. The van der Waals surface area contributed by atoms with Crippen LogP contribution in [0.5, 0.6) is 0 Å². The molecule has 0 aliphatic heterocycles. The summed E-state index contributed by atoms with van der Waals surface area (Å²) in [6.45, 7) is 5.19. The van der Waals surface area contributed by atoms with Crippen LogP contribution in [0.3, 0.4) is 0 Å². The number of aromatic nitrogens is 2. The van der Waals surface area contributed by atoms with Crippen molar-refractivity contribution in [3.8, 4) is 0 Å². The molecule has 5 heteroatoms. The highest BCUT2D eigenvalue weighted by molar-refractivity contribution is 6.30. The topological polar surface area (TPSA) is 46.9 Å². The Hall–Kier alpha value is -2.33. The van der Waals surface area contributed by atoms with E-state index in [9.17, 15) is 4.79 Å². The number of hydrogen-bond acceptors (Lipinski definition) is 2. The highest BCUT2D eigenvalue weighted by Gasteiger charge is 2.19. The number of aryl methyl sites for hydroxylation is 1. The predicted molar refractivity (Wildman–Crippen MR) is 134 cm³/mol. The van der Waals surface area contributed by atoms with Crippen molar-refractivity contribution in [3.63, 3.8) is 0 Å². The van der Waals surface area contributed by atoms with Crippen LogP contribution in [0.15, 0.2) is 48.5 Å². The van der Waals surface area contributed by atoms with Crippen LogP contribution >= 0.6 is 11.6 Å². The molecule has 1 atom stereocenters. The third-order valence-electron chi connectivity index (χ3n) is 6.01. The Bertz CT molecular complexity index is 980. The molecule has 3 rings (SSSR count). The molecule has 1 N–H and O–H groups in total. The fraction of sp³-hybridized carbons (Fsp3) is 0.481. The van der Waals surface area contributed by atoms with Crippen molar-refractivity contribution < 1.29 is 4.79 Å². The molecule has 4 nitrogen and oxygen atoms in total. The van der Waals surface area contributed by atoms with Gasteiger partial charge in [-0.15, -0.1) is 0 Å². The molecule has 172 valence electrons. The maximum absolute atomic E-state index is 12.7. The summed E-state index contributed by atoms with van der Waals surface area (Å²) in [6, 6.07) is 15.0. The van der Waals surface area contributed by atoms with Gasteiger partial charge >= 0.3 is 0 Å². The molecule has 1 unspecified atom stereocenters. The van der Waals surface area contributed by atoms with E-state index in [-0.39, 0.29) is 11.9 Å². The number of nitrogens with zero attached hydrogens (tertiary/aromatic N) is 2. The van der Waals surface area contributed by atoms with Crippen molar-refractivity contribution in [1.82, 2.24) is 14.9 Å². The maximum Gasteiger partial charge on any atom is 0.251 e. The molecule has 0 saturated carbocycles. The van der Waals surface area contributed by atoms with Crippen molar-refractivity contribution in [2.24, 2.45) is 0 Å². The Morgan fingerprint density at radius 2 is 1.56 bits per heavy atom. The van der Waals surface area contributed by atoms with E-state index in [1.807, 2.05) is 19.1 Å². The van der Waals surface area contributed by atoms with Gasteiger partial charge in [0.1, 0.15) is 5.82 Å². The Labute approximate surface area is 197 Å². The van der Waals surface area contributed by atoms with Gasteiger partial charge in [-0.25, -0.2) is 4.98 Å². The molecule has 1 amide bonds. The quantitative estimate of drug-likeness (QED) is 0.269. The van der Waals surface area contributed by atoms with Crippen molar-refractivity contribution in [3.05, 3.63) is 64.9 Å². The van der Waals surface area contributed by atoms with Gasteiger partial charge in [-0.3, -0.25) is 4.79 Å². The van der Waals surface area contributed by atoms with Crippen LogP contribution in [0, 0.1) is 0 Å². The lowest BCUT2D eigenvalue weighted by molar-refractivity contribution is 0.0937. The number of benzene rings is 2. The molecule has 2 aromatic carbocycles. The molecule has 1 heterocycles. The van der Waals surface area contributed by atoms with Gasteiger partial charge in [0.05, 0.1) is 17.1 Å². The summed E-state index contributed by atoms with van der Waals surface area (Å²) < 4.78 is 2.28. The van der Waals surface area contributed by atoms with Gasteiger partial charge in [-0.05, 0) is 49.7 Å². The third-order valence-corrected chi connectivity index (χ3v) is 6.26. The minimum absolute atomic E-state index is 0.115. The number of carbonyl (C=O) groups excluding carboxylic acids is 1. The first-order valence-electron chi connectivity index (χ1n) is 12.1. The number of hydrogen-bond donors (Lipinski definition) is 1. The van der Waals surface area contributed by atoms with E-state index in [2.05, 4.69) is 28.9 Å². The van der Waals surface area contributed by atoms with Crippen LogP contribution in [0.1, 0.15) is 93.9 Å². The van der Waals surface area contributed by atoms with E-state index in [1.165, 1.54) is 51.4 Å². The van der Waals surface area contributed by atoms with Crippen LogP contribution in [0.4, 0.5) is 0 Å². The van der Waals surface area contributed by atoms with Gasteiger partial charge < -0.3 is 9.88 Å².